The molecule has 0 spiro atoms. The van der Waals surface area contributed by atoms with E-state index in [1.165, 1.54) is 19.3 Å². The van der Waals surface area contributed by atoms with E-state index < -0.39 is 0 Å². The zero-order valence-electron chi connectivity index (χ0n) is 12.7. The van der Waals surface area contributed by atoms with Gasteiger partial charge in [-0.15, -0.1) is 0 Å². The Labute approximate surface area is 117 Å². The molecule has 3 nitrogen and oxygen atoms in total. The maximum absolute atomic E-state index is 12.4. The molecular formula is C16H30N2O. The lowest BCUT2D eigenvalue weighted by Gasteiger charge is -2.29. The van der Waals surface area contributed by atoms with Crippen LogP contribution in [0.3, 0.4) is 0 Å². The first-order chi connectivity index (χ1) is 9.08. The van der Waals surface area contributed by atoms with Gasteiger partial charge in [-0.2, -0.15) is 0 Å². The second-order valence-corrected chi connectivity index (χ2v) is 6.76. The smallest absolute Gasteiger partial charge is 0.222 e. The highest BCUT2D eigenvalue weighted by molar-refractivity contribution is 5.76. The molecule has 2 N–H and O–H groups in total. The molecule has 3 heteroatoms. The molecule has 2 aliphatic rings. The number of amides is 1. The summed E-state index contributed by atoms with van der Waals surface area (Å²) in [6.45, 7) is 6.50. The molecule has 1 amide bonds. The number of nitrogens with zero attached hydrogens (tertiary/aromatic N) is 1. The maximum Gasteiger partial charge on any atom is 0.222 e. The zero-order valence-corrected chi connectivity index (χ0v) is 12.7. The van der Waals surface area contributed by atoms with Crippen LogP contribution < -0.4 is 5.73 Å². The summed E-state index contributed by atoms with van der Waals surface area (Å²) in [4.78, 5) is 14.5. The summed E-state index contributed by atoms with van der Waals surface area (Å²) in [5.74, 6) is 0.981. The summed E-state index contributed by atoms with van der Waals surface area (Å²) >= 11 is 0. The van der Waals surface area contributed by atoms with Gasteiger partial charge in [-0.1, -0.05) is 13.8 Å². The average molecular weight is 266 g/mol. The van der Waals surface area contributed by atoms with Gasteiger partial charge >= 0.3 is 0 Å². The number of hydrogen-bond acceptors (Lipinski definition) is 2. The molecule has 2 fully saturated rings. The monoisotopic (exact) mass is 266 g/mol. The Balaban J connectivity index is 1.81. The molecule has 0 radical (unpaired) electrons. The number of carbonyl (C=O) groups is 1. The van der Waals surface area contributed by atoms with Gasteiger partial charge in [0.1, 0.15) is 0 Å². The third kappa shape index (κ3) is 3.50. The number of rotatable bonds is 4. The van der Waals surface area contributed by atoms with E-state index in [1.54, 1.807) is 0 Å². The van der Waals surface area contributed by atoms with E-state index in [-0.39, 0.29) is 0 Å². The quantitative estimate of drug-likeness (QED) is 0.850. The van der Waals surface area contributed by atoms with Crippen LogP contribution in [0.1, 0.15) is 65.2 Å². The predicted octanol–water partition coefficient (Wildman–Crippen LogP) is 2.93. The normalized spacial score (nSPS) is 30.6. The first kappa shape index (κ1) is 14.8. The highest BCUT2D eigenvalue weighted by Crippen LogP contribution is 2.37. The van der Waals surface area contributed by atoms with Crippen LogP contribution >= 0.6 is 0 Å². The van der Waals surface area contributed by atoms with Crippen molar-refractivity contribution >= 4 is 5.91 Å². The maximum atomic E-state index is 12.4. The van der Waals surface area contributed by atoms with Crippen LogP contribution in [0.2, 0.25) is 0 Å². The van der Waals surface area contributed by atoms with Crippen LogP contribution in [0.25, 0.3) is 0 Å². The second-order valence-electron chi connectivity index (χ2n) is 6.76. The highest BCUT2D eigenvalue weighted by atomic mass is 16.2. The SMILES string of the molecule is CCC1(CC)CCN(C(=O)CC2CCC(N)CC2)C1. The van der Waals surface area contributed by atoms with E-state index in [9.17, 15) is 4.79 Å². The lowest BCUT2D eigenvalue weighted by Crippen LogP contribution is -2.34. The first-order valence-electron chi connectivity index (χ1n) is 8.12. The standard InChI is InChI=1S/C16H30N2O/c1-3-16(4-2)9-10-18(12-16)15(19)11-13-5-7-14(17)8-6-13/h13-14H,3-12,17H2,1-2H3. The Morgan fingerprint density at radius 1 is 1.21 bits per heavy atom. The largest absolute Gasteiger partial charge is 0.342 e. The second kappa shape index (κ2) is 6.25. The van der Waals surface area contributed by atoms with Crippen molar-refractivity contribution in [2.45, 2.75) is 71.3 Å². The number of hydrogen-bond donors (Lipinski definition) is 1. The summed E-state index contributed by atoms with van der Waals surface area (Å²) in [5.41, 5.74) is 6.33. The van der Waals surface area contributed by atoms with Gasteiger partial charge < -0.3 is 10.6 Å². The minimum atomic E-state index is 0.381. The van der Waals surface area contributed by atoms with E-state index in [4.69, 9.17) is 5.73 Å². The van der Waals surface area contributed by atoms with Crippen molar-refractivity contribution in [2.75, 3.05) is 13.1 Å². The van der Waals surface area contributed by atoms with Crippen molar-refractivity contribution in [3.05, 3.63) is 0 Å². The molecule has 0 aromatic heterocycles. The average Bonchev–Trinajstić information content (AvgIpc) is 2.87. The van der Waals surface area contributed by atoms with Gasteiger partial charge in [0.15, 0.2) is 0 Å². The van der Waals surface area contributed by atoms with Gasteiger partial charge in [0, 0.05) is 25.6 Å². The van der Waals surface area contributed by atoms with Crippen LogP contribution in [0.15, 0.2) is 0 Å². The summed E-state index contributed by atoms with van der Waals surface area (Å²) in [6, 6.07) is 0.381. The Bertz CT molecular complexity index is 304. The van der Waals surface area contributed by atoms with Crippen molar-refractivity contribution in [3.63, 3.8) is 0 Å². The number of nitrogens with two attached hydrogens (primary N) is 1. The van der Waals surface area contributed by atoms with Gasteiger partial charge in [-0.3, -0.25) is 4.79 Å². The fourth-order valence-corrected chi connectivity index (χ4v) is 3.74. The third-order valence-electron chi connectivity index (χ3n) is 5.65. The topological polar surface area (TPSA) is 46.3 Å². The summed E-state index contributed by atoms with van der Waals surface area (Å²) in [6.07, 6.45) is 8.85. The molecule has 0 unspecified atom stereocenters. The Kier molecular flexibility index (Phi) is 4.88. The molecule has 1 aliphatic carbocycles. The lowest BCUT2D eigenvalue weighted by atomic mass is 9.82. The van der Waals surface area contributed by atoms with E-state index in [0.717, 1.165) is 45.2 Å². The molecule has 1 aliphatic heterocycles. The fraction of sp³-hybridized carbons (Fsp3) is 0.938. The van der Waals surface area contributed by atoms with E-state index in [2.05, 4.69) is 18.7 Å². The minimum absolute atomic E-state index is 0.381. The molecule has 2 rings (SSSR count). The van der Waals surface area contributed by atoms with E-state index in [1.807, 2.05) is 0 Å². The molecule has 1 heterocycles. The summed E-state index contributed by atoms with van der Waals surface area (Å²) < 4.78 is 0. The van der Waals surface area contributed by atoms with Crippen LogP contribution in [0.4, 0.5) is 0 Å². The molecule has 1 saturated carbocycles. The molecule has 0 aromatic carbocycles. The Hall–Kier alpha value is -0.570. The zero-order chi connectivity index (χ0) is 13.9. The van der Waals surface area contributed by atoms with Crippen molar-refractivity contribution in [1.29, 1.82) is 0 Å². The molecule has 1 saturated heterocycles. The molecule has 110 valence electrons. The van der Waals surface area contributed by atoms with Gasteiger partial charge in [-0.25, -0.2) is 0 Å². The van der Waals surface area contributed by atoms with Crippen molar-refractivity contribution in [2.24, 2.45) is 17.1 Å². The Morgan fingerprint density at radius 2 is 1.84 bits per heavy atom. The van der Waals surface area contributed by atoms with Crippen molar-refractivity contribution in [1.82, 2.24) is 4.90 Å². The fourth-order valence-electron chi connectivity index (χ4n) is 3.74. The molecular weight excluding hydrogens is 236 g/mol. The molecule has 19 heavy (non-hydrogen) atoms. The third-order valence-corrected chi connectivity index (χ3v) is 5.65. The van der Waals surface area contributed by atoms with Gasteiger partial charge in [0.25, 0.3) is 0 Å². The summed E-state index contributed by atoms with van der Waals surface area (Å²) in [5, 5.41) is 0. The van der Waals surface area contributed by atoms with Crippen LogP contribution in [0, 0.1) is 11.3 Å². The van der Waals surface area contributed by atoms with E-state index >= 15 is 0 Å². The van der Waals surface area contributed by atoms with Crippen LogP contribution in [-0.2, 0) is 4.79 Å². The highest BCUT2D eigenvalue weighted by Gasteiger charge is 2.37. The van der Waals surface area contributed by atoms with Gasteiger partial charge in [0.2, 0.25) is 5.91 Å². The van der Waals surface area contributed by atoms with Crippen molar-refractivity contribution < 1.29 is 4.79 Å². The lowest BCUT2D eigenvalue weighted by molar-refractivity contribution is -0.131. The van der Waals surface area contributed by atoms with Crippen molar-refractivity contribution in [3.8, 4) is 0 Å². The first-order valence-corrected chi connectivity index (χ1v) is 8.12. The van der Waals surface area contributed by atoms with Crippen LogP contribution in [-0.4, -0.2) is 29.9 Å². The van der Waals surface area contributed by atoms with Crippen LogP contribution in [0.5, 0.6) is 0 Å². The number of likely N-dealkylation sites (tertiary alicyclic amines) is 1. The predicted molar refractivity (Wildman–Crippen MR) is 78.8 cm³/mol. The summed E-state index contributed by atoms with van der Waals surface area (Å²) in [7, 11) is 0. The molecule has 0 bridgehead atoms. The van der Waals surface area contributed by atoms with E-state index in [0.29, 0.717) is 23.3 Å². The number of carbonyl (C=O) groups excluding carboxylic acids is 1. The van der Waals surface area contributed by atoms with Gasteiger partial charge in [-0.05, 0) is 56.3 Å². The molecule has 0 aromatic rings. The molecule has 0 atom stereocenters. The van der Waals surface area contributed by atoms with Gasteiger partial charge in [0.05, 0.1) is 0 Å². The minimum Gasteiger partial charge on any atom is -0.342 e. The Morgan fingerprint density at radius 3 is 2.37 bits per heavy atom.